The fourth-order valence-electron chi connectivity index (χ4n) is 4.96. The summed E-state index contributed by atoms with van der Waals surface area (Å²) in [5.74, 6) is 0. The van der Waals surface area contributed by atoms with E-state index in [0.29, 0.717) is 48.5 Å². The van der Waals surface area contributed by atoms with Gasteiger partial charge in [-0.1, -0.05) is 0 Å². The maximum Gasteiger partial charge on any atom is 0.319 e. The van der Waals surface area contributed by atoms with Gasteiger partial charge in [0.25, 0.3) is 22.7 Å². The average Bonchev–Trinajstić information content (AvgIpc) is 3.10. The summed E-state index contributed by atoms with van der Waals surface area (Å²) in [6.07, 6.45) is 0. The molecule has 0 spiro atoms. The smallest absolute Gasteiger partial charge is 0.319 e. The standard InChI is InChI=1S/2C13H4N4O10/c2*18-11-7-1-5(14(19)20)3-9(16(23)24)12(7)27-13-8(11)2-6(15(21)22)4-10(13)17(25)26/h2*1-4H. The molecule has 0 amide bonds. The number of hydrogen-bond donors (Lipinski definition) is 0. The Morgan fingerprint density at radius 1 is 0.315 bits per heavy atom. The maximum absolute atomic E-state index is 12.6. The van der Waals surface area contributed by atoms with Crippen molar-refractivity contribution in [2.75, 3.05) is 0 Å². The van der Waals surface area contributed by atoms with Crippen molar-refractivity contribution in [2.45, 2.75) is 0 Å². The van der Waals surface area contributed by atoms with E-state index in [0.717, 1.165) is 0 Å². The first-order valence-corrected chi connectivity index (χ1v) is 13.6. The number of nitro groups is 8. The van der Waals surface area contributed by atoms with E-state index in [4.69, 9.17) is 8.83 Å². The Morgan fingerprint density at radius 3 is 0.648 bits per heavy atom. The molecule has 0 aliphatic rings. The summed E-state index contributed by atoms with van der Waals surface area (Å²) >= 11 is 0. The number of rotatable bonds is 8. The van der Waals surface area contributed by atoms with Crippen LogP contribution in [0.1, 0.15) is 0 Å². The topological polar surface area (TPSA) is 406 Å². The molecule has 6 aromatic rings. The average molecular weight is 752 g/mol. The van der Waals surface area contributed by atoms with Crippen LogP contribution in [0.25, 0.3) is 43.9 Å². The predicted octanol–water partition coefficient (Wildman–Crippen LogP) is 5.16. The molecule has 0 unspecified atom stereocenters. The number of nitrogens with zero attached hydrogens (tertiary/aromatic N) is 8. The van der Waals surface area contributed by atoms with Gasteiger partial charge in [0.05, 0.1) is 85.2 Å². The van der Waals surface area contributed by atoms with Crippen LogP contribution in [-0.2, 0) is 0 Å². The predicted molar refractivity (Wildman–Crippen MR) is 173 cm³/mol. The van der Waals surface area contributed by atoms with Crippen molar-refractivity contribution in [1.82, 2.24) is 0 Å². The molecule has 272 valence electrons. The number of non-ortho nitro benzene ring substituents is 8. The minimum Gasteiger partial charge on any atom is -0.441 e. The molecule has 0 aliphatic heterocycles. The maximum atomic E-state index is 12.6. The van der Waals surface area contributed by atoms with Gasteiger partial charge in [-0.2, -0.15) is 0 Å². The summed E-state index contributed by atoms with van der Waals surface area (Å²) in [6.45, 7) is 0. The fourth-order valence-corrected chi connectivity index (χ4v) is 4.96. The van der Waals surface area contributed by atoms with E-state index in [1.807, 2.05) is 0 Å². The van der Waals surface area contributed by atoms with Crippen molar-refractivity contribution in [3.8, 4) is 0 Å². The van der Waals surface area contributed by atoms with Crippen LogP contribution in [0.15, 0.2) is 67.0 Å². The first-order valence-electron chi connectivity index (χ1n) is 13.6. The zero-order chi connectivity index (χ0) is 40.1. The molecule has 28 nitrogen and oxygen atoms in total. The summed E-state index contributed by atoms with van der Waals surface area (Å²) in [5, 5.41) is 86.1. The van der Waals surface area contributed by atoms with E-state index in [1.54, 1.807) is 0 Å². The summed E-state index contributed by atoms with van der Waals surface area (Å²) in [5.41, 5.74) is -12.1. The van der Waals surface area contributed by atoms with Gasteiger partial charge in [0, 0.05) is 24.3 Å². The first kappa shape index (κ1) is 36.3. The molecular formula is C26H8N8O20. The SMILES string of the molecule is O=c1c2cc([N+](=O)[O-])cc([N+](=O)[O-])c2oc2c([N+](=O)[O-])cc([N+](=O)[O-])cc12.O=c1c2cc([N+](=O)[O-])cc([N+](=O)[O-])c2oc2c([N+](=O)[O-])cc([N+](=O)[O-])cc12. The minimum atomic E-state index is -1.12. The molecule has 0 N–H and O–H groups in total. The number of nitro benzene ring substituents is 8. The van der Waals surface area contributed by atoms with Crippen LogP contribution in [0.2, 0.25) is 0 Å². The lowest BCUT2D eigenvalue weighted by molar-refractivity contribution is -0.394. The molecular weight excluding hydrogens is 744 g/mol. The van der Waals surface area contributed by atoms with Gasteiger partial charge < -0.3 is 8.83 Å². The van der Waals surface area contributed by atoms with Gasteiger partial charge in [0.15, 0.2) is 0 Å². The largest absolute Gasteiger partial charge is 0.441 e. The van der Waals surface area contributed by atoms with Crippen LogP contribution >= 0.6 is 0 Å². The Bertz CT molecular complexity index is 2530. The third-order valence-electron chi connectivity index (χ3n) is 7.23. The molecule has 0 aliphatic carbocycles. The summed E-state index contributed by atoms with van der Waals surface area (Å²) in [6, 6.07) is 4.92. The van der Waals surface area contributed by atoms with Gasteiger partial charge in [-0.3, -0.25) is 90.5 Å². The molecule has 54 heavy (non-hydrogen) atoms. The fraction of sp³-hybridized carbons (Fsp3) is 0. The second-order valence-corrected chi connectivity index (χ2v) is 10.3. The molecule has 6 rings (SSSR count). The van der Waals surface area contributed by atoms with Gasteiger partial charge in [0.2, 0.25) is 33.2 Å². The van der Waals surface area contributed by atoms with E-state index >= 15 is 0 Å². The quantitative estimate of drug-likeness (QED) is 0.110. The van der Waals surface area contributed by atoms with Crippen LogP contribution in [0, 0.1) is 80.9 Å². The lowest BCUT2D eigenvalue weighted by Crippen LogP contribution is -2.07. The number of benzene rings is 4. The Hall–Kier alpha value is -8.98. The third kappa shape index (κ3) is 6.16. The molecule has 0 atom stereocenters. The minimum absolute atomic E-state index is 0.536. The van der Waals surface area contributed by atoms with Crippen molar-refractivity contribution in [3.05, 3.63) is 150 Å². The molecule has 28 heteroatoms. The van der Waals surface area contributed by atoms with Crippen molar-refractivity contribution in [1.29, 1.82) is 0 Å². The van der Waals surface area contributed by atoms with E-state index in [1.165, 1.54) is 0 Å². The van der Waals surface area contributed by atoms with Gasteiger partial charge in [-0.05, 0) is 0 Å². The first-order chi connectivity index (χ1) is 25.2. The van der Waals surface area contributed by atoms with Crippen LogP contribution in [-0.4, -0.2) is 39.4 Å². The second kappa shape index (κ2) is 13.0. The molecule has 2 heterocycles. The van der Waals surface area contributed by atoms with Crippen LogP contribution < -0.4 is 10.9 Å². The van der Waals surface area contributed by atoms with Crippen molar-refractivity contribution in [3.63, 3.8) is 0 Å². The summed E-state index contributed by atoms with van der Waals surface area (Å²) in [7, 11) is 0. The number of fused-ring (bicyclic) bond motifs is 4. The Kier molecular flexibility index (Phi) is 8.77. The molecule has 0 fully saturated rings. The second-order valence-electron chi connectivity index (χ2n) is 10.3. The van der Waals surface area contributed by atoms with Crippen molar-refractivity contribution < 1.29 is 48.2 Å². The molecule has 4 aromatic carbocycles. The van der Waals surface area contributed by atoms with E-state index in [-0.39, 0.29) is 0 Å². The van der Waals surface area contributed by atoms with E-state index < -0.39 is 140 Å². The zero-order valence-corrected chi connectivity index (χ0v) is 25.4. The summed E-state index contributed by atoms with van der Waals surface area (Å²) in [4.78, 5) is 106. The summed E-state index contributed by atoms with van der Waals surface area (Å²) < 4.78 is 10.3. The zero-order valence-electron chi connectivity index (χ0n) is 25.4. The van der Waals surface area contributed by atoms with Crippen molar-refractivity contribution in [2.24, 2.45) is 0 Å². The van der Waals surface area contributed by atoms with Crippen LogP contribution in [0.4, 0.5) is 45.5 Å². The monoisotopic (exact) mass is 752 g/mol. The van der Waals surface area contributed by atoms with E-state index in [9.17, 15) is 90.5 Å². The Balaban J connectivity index is 0.000000208. The highest BCUT2D eigenvalue weighted by atomic mass is 16.7. The molecule has 0 bridgehead atoms. The molecule has 2 aromatic heterocycles. The Labute approximate surface area is 287 Å². The highest BCUT2D eigenvalue weighted by Gasteiger charge is 2.31. The normalized spacial score (nSPS) is 10.8. The van der Waals surface area contributed by atoms with Gasteiger partial charge in [-0.15, -0.1) is 0 Å². The number of hydrogen-bond acceptors (Lipinski definition) is 20. The van der Waals surface area contributed by atoms with Crippen molar-refractivity contribution >= 4 is 89.4 Å². The van der Waals surface area contributed by atoms with Gasteiger partial charge in [0.1, 0.15) is 0 Å². The van der Waals surface area contributed by atoms with Crippen LogP contribution in [0.3, 0.4) is 0 Å². The molecule has 0 radical (unpaired) electrons. The lowest BCUT2D eigenvalue weighted by atomic mass is 10.1. The van der Waals surface area contributed by atoms with E-state index in [2.05, 4.69) is 0 Å². The highest BCUT2D eigenvalue weighted by Crippen LogP contribution is 2.38. The van der Waals surface area contributed by atoms with Crippen LogP contribution in [0.5, 0.6) is 0 Å². The Morgan fingerprint density at radius 2 is 0.500 bits per heavy atom. The molecule has 0 saturated carbocycles. The van der Waals surface area contributed by atoms with Gasteiger partial charge in [-0.25, -0.2) is 0 Å². The molecule has 0 saturated heterocycles. The third-order valence-corrected chi connectivity index (χ3v) is 7.23. The highest BCUT2D eigenvalue weighted by molar-refractivity contribution is 6.00. The lowest BCUT2D eigenvalue weighted by Gasteiger charge is -2.03. The van der Waals surface area contributed by atoms with Gasteiger partial charge >= 0.3 is 22.7 Å².